The number of aliphatic imine (C=N–C) groups is 1. The van der Waals surface area contributed by atoms with Crippen LogP contribution in [-0.4, -0.2) is 33.8 Å². The Morgan fingerprint density at radius 2 is 1.60 bits per heavy atom. The summed E-state index contributed by atoms with van der Waals surface area (Å²) in [6.45, 7) is 0. The number of carbonyl (C=O) groups excluding carboxylic acids is 1. The third-order valence-corrected chi connectivity index (χ3v) is 7.37. The van der Waals surface area contributed by atoms with E-state index in [1.807, 2.05) is 18.2 Å². The Morgan fingerprint density at radius 3 is 2.20 bits per heavy atom. The van der Waals surface area contributed by atoms with Gasteiger partial charge in [0.25, 0.3) is 10.0 Å². The monoisotopic (exact) mass is 492 g/mol. The molecule has 180 valence electrons. The number of nitrogens with one attached hydrogen (secondary N) is 2. The first-order valence-corrected chi connectivity index (χ1v) is 12.4. The van der Waals surface area contributed by atoms with Gasteiger partial charge in [0.1, 0.15) is 10.7 Å². The van der Waals surface area contributed by atoms with E-state index in [2.05, 4.69) is 15.6 Å². The van der Waals surface area contributed by atoms with Gasteiger partial charge >= 0.3 is 6.03 Å². The van der Waals surface area contributed by atoms with Crippen LogP contribution in [0.5, 0.6) is 0 Å². The number of rotatable bonds is 7. The summed E-state index contributed by atoms with van der Waals surface area (Å²) in [6, 6.07) is 21.3. The zero-order valence-corrected chi connectivity index (χ0v) is 19.9. The average molecular weight is 493 g/mol. The van der Waals surface area contributed by atoms with Gasteiger partial charge in [-0.2, -0.15) is 0 Å². The fourth-order valence-corrected chi connectivity index (χ4v) is 4.83. The Labute approximate surface area is 204 Å². The van der Waals surface area contributed by atoms with Crippen LogP contribution in [-0.2, 0) is 16.4 Å². The maximum absolute atomic E-state index is 13.1. The number of anilines is 3. The van der Waals surface area contributed by atoms with Crippen LogP contribution in [0.4, 0.5) is 26.2 Å². The molecule has 3 aromatic rings. The number of hydrogen-bond acceptors (Lipinski definition) is 4. The van der Waals surface area contributed by atoms with Crippen molar-refractivity contribution in [1.82, 2.24) is 0 Å². The van der Waals surface area contributed by atoms with Crippen molar-refractivity contribution >= 4 is 39.3 Å². The predicted molar refractivity (Wildman–Crippen MR) is 138 cm³/mol. The van der Waals surface area contributed by atoms with Crippen molar-refractivity contribution < 1.29 is 17.6 Å². The molecule has 0 aromatic heterocycles. The number of carbonyl (C=O) groups is 1. The molecule has 7 nitrogen and oxygen atoms in total. The summed E-state index contributed by atoms with van der Waals surface area (Å²) < 4.78 is 40.5. The summed E-state index contributed by atoms with van der Waals surface area (Å²) in [6.07, 6.45) is 4.11. The number of nitrogens with zero attached hydrogens (tertiary/aromatic N) is 2. The number of halogens is 1. The second kappa shape index (κ2) is 10.5. The molecule has 0 aliphatic carbocycles. The molecule has 1 unspecified atom stereocenters. The van der Waals surface area contributed by atoms with Gasteiger partial charge in [-0.1, -0.05) is 36.4 Å². The lowest BCUT2D eigenvalue weighted by Crippen LogP contribution is -2.29. The van der Waals surface area contributed by atoms with Crippen molar-refractivity contribution in [3.05, 3.63) is 101 Å². The number of para-hydroxylation sites is 1. The van der Waals surface area contributed by atoms with Gasteiger partial charge in [0.05, 0.1) is 11.7 Å². The van der Waals surface area contributed by atoms with Crippen LogP contribution in [0.1, 0.15) is 12.0 Å². The summed E-state index contributed by atoms with van der Waals surface area (Å²) in [4.78, 5) is 16.7. The molecule has 4 rings (SSSR count). The topological polar surface area (TPSA) is 90.9 Å². The molecule has 0 saturated carbocycles. The van der Waals surface area contributed by atoms with Crippen LogP contribution in [0.15, 0.2) is 94.8 Å². The lowest BCUT2D eigenvalue weighted by Gasteiger charge is -2.22. The number of dihydropyridines is 1. The number of allylic oxidation sites excluding steroid dienone is 1. The van der Waals surface area contributed by atoms with Gasteiger partial charge in [0.15, 0.2) is 0 Å². The van der Waals surface area contributed by atoms with Crippen LogP contribution >= 0.6 is 0 Å². The second-order valence-corrected chi connectivity index (χ2v) is 10.0. The van der Waals surface area contributed by atoms with E-state index in [4.69, 9.17) is 0 Å². The molecule has 35 heavy (non-hydrogen) atoms. The molecule has 0 radical (unpaired) electrons. The zero-order valence-electron chi connectivity index (χ0n) is 19.1. The first-order chi connectivity index (χ1) is 16.8. The normalized spacial score (nSPS) is 15.3. The molecule has 0 saturated heterocycles. The SMILES string of the molecule is CN(c1ccc(NC(=O)Nc2ccccc2)cc1)S(=O)(=O)C1=CCC(Cc2ccc(F)cc2)N=C1. The molecule has 0 bridgehead atoms. The molecule has 2 N–H and O–H groups in total. The fourth-order valence-electron chi connectivity index (χ4n) is 3.61. The van der Waals surface area contributed by atoms with Crippen molar-refractivity contribution in [1.29, 1.82) is 0 Å². The summed E-state index contributed by atoms with van der Waals surface area (Å²) in [5, 5.41) is 5.44. The molecule has 2 amide bonds. The molecular weight excluding hydrogens is 467 g/mol. The van der Waals surface area contributed by atoms with Gasteiger partial charge in [0.2, 0.25) is 0 Å². The number of amides is 2. The van der Waals surface area contributed by atoms with E-state index < -0.39 is 16.1 Å². The van der Waals surface area contributed by atoms with Crippen LogP contribution in [0.3, 0.4) is 0 Å². The molecule has 3 aromatic carbocycles. The minimum absolute atomic E-state index is 0.0999. The standard InChI is InChI=1S/C26H25FN4O3S/c1-31(24-14-11-22(12-15-24)30-26(32)29-21-5-3-2-4-6-21)35(33,34)25-16-13-23(28-18-25)17-19-7-9-20(27)10-8-19/h2-12,14-16,18,23H,13,17H2,1H3,(H2,29,30,32). The van der Waals surface area contributed by atoms with Crippen molar-refractivity contribution in [3.63, 3.8) is 0 Å². The second-order valence-electron chi connectivity index (χ2n) is 8.07. The fraction of sp³-hybridized carbons (Fsp3) is 0.154. The maximum atomic E-state index is 13.1. The Morgan fingerprint density at radius 1 is 0.971 bits per heavy atom. The van der Waals surface area contributed by atoms with Gasteiger partial charge in [-0.05, 0) is 66.9 Å². The van der Waals surface area contributed by atoms with Gasteiger partial charge in [-0.25, -0.2) is 17.6 Å². The summed E-state index contributed by atoms with van der Waals surface area (Å²) in [5.41, 5.74) is 2.57. The highest BCUT2D eigenvalue weighted by molar-refractivity contribution is 7.97. The molecule has 9 heteroatoms. The zero-order chi connectivity index (χ0) is 24.8. The Kier molecular flexibility index (Phi) is 7.26. The summed E-state index contributed by atoms with van der Waals surface area (Å²) >= 11 is 0. The quantitative estimate of drug-likeness (QED) is 0.475. The van der Waals surface area contributed by atoms with E-state index in [9.17, 15) is 17.6 Å². The Bertz CT molecular complexity index is 1340. The first kappa shape index (κ1) is 24.2. The molecule has 0 fully saturated rings. The van der Waals surface area contributed by atoms with Crippen molar-refractivity contribution in [3.8, 4) is 0 Å². The minimum Gasteiger partial charge on any atom is -0.308 e. The molecule has 1 atom stereocenters. The van der Waals surface area contributed by atoms with Gasteiger partial charge in [-0.15, -0.1) is 0 Å². The van der Waals surface area contributed by atoms with Crippen LogP contribution in [0.2, 0.25) is 0 Å². The lowest BCUT2D eigenvalue weighted by molar-refractivity contribution is 0.262. The third-order valence-electron chi connectivity index (χ3n) is 5.57. The van der Waals surface area contributed by atoms with Crippen molar-refractivity contribution in [2.45, 2.75) is 18.9 Å². The highest BCUT2D eigenvalue weighted by atomic mass is 32.2. The van der Waals surface area contributed by atoms with Crippen LogP contribution < -0.4 is 14.9 Å². The highest BCUT2D eigenvalue weighted by Crippen LogP contribution is 2.25. The number of benzene rings is 3. The Hall–Kier alpha value is -3.98. The molecular formula is C26H25FN4O3S. The Balaban J connectivity index is 1.36. The first-order valence-electron chi connectivity index (χ1n) is 11.0. The van der Waals surface area contributed by atoms with Crippen molar-refractivity contribution in [2.24, 2.45) is 4.99 Å². The van der Waals surface area contributed by atoms with Gasteiger partial charge < -0.3 is 10.6 Å². The van der Waals surface area contributed by atoms with Gasteiger partial charge in [-0.3, -0.25) is 9.30 Å². The van der Waals surface area contributed by atoms with E-state index in [1.165, 1.54) is 29.7 Å². The van der Waals surface area contributed by atoms with Crippen molar-refractivity contribution in [2.75, 3.05) is 22.0 Å². The molecule has 0 spiro atoms. The number of urea groups is 1. The average Bonchev–Trinajstić information content (AvgIpc) is 2.86. The predicted octanol–water partition coefficient (Wildman–Crippen LogP) is 5.21. The molecule has 1 aliphatic heterocycles. The smallest absolute Gasteiger partial charge is 0.308 e. The largest absolute Gasteiger partial charge is 0.323 e. The van der Waals surface area contributed by atoms with E-state index >= 15 is 0 Å². The molecule has 1 heterocycles. The van der Waals surface area contributed by atoms with E-state index in [-0.39, 0.29) is 16.8 Å². The third kappa shape index (κ3) is 6.13. The highest BCUT2D eigenvalue weighted by Gasteiger charge is 2.25. The minimum atomic E-state index is -3.80. The number of sulfonamides is 1. The lowest BCUT2D eigenvalue weighted by atomic mass is 10.0. The summed E-state index contributed by atoms with van der Waals surface area (Å²) in [5.74, 6) is -0.295. The molecule has 1 aliphatic rings. The van der Waals surface area contributed by atoms with Crippen LogP contribution in [0.25, 0.3) is 0 Å². The number of hydrogen-bond donors (Lipinski definition) is 2. The van der Waals surface area contributed by atoms with E-state index in [0.29, 0.717) is 29.9 Å². The summed E-state index contributed by atoms with van der Waals surface area (Å²) in [7, 11) is -2.33. The maximum Gasteiger partial charge on any atom is 0.323 e. The van der Waals surface area contributed by atoms with Gasteiger partial charge in [0, 0.05) is 24.6 Å². The van der Waals surface area contributed by atoms with E-state index in [1.54, 1.807) is 54.6 Å². The van der Waals surface area contributed by atoms with E-state index in [0.717, 1.165) is 5.56 Å². The van der Waals surface area contributed by atoms with Crippen LogP contribution in [0, 0.1) is 5.82 Å².